The van der Waals surface area contributed by atoms with Crippen molar-refractivity contribution in [2.45, 2.75) is 12.5 Å². The Morgan fingerprint density at radius 3 is 2.43 bits per heavy atom. The summed E-state index contributed by atoms with van der Waals surface area (Å²) >= 11 is 11.8. The largest absolute Gasteiger partial charge is 0.452 e. The molecule has 1 saturated heterocycles. The Morgan fingerprint density at radius 1 is 1.30 bits per heavy atom. The molecule has 1 amide bonds. The number of carbonyl (C=O) groups excluding carboxylic acids is 2. The third-order valence-corrected chi connectivity index (χ3v) is 6.02. The van der Waals surface area contributed by atoms with Crippen molar-refractivity contribution < 1.29 is 22.7 Å². The summed E-state index contributed by atoms with van der Waals surface area (Å²) in [4.78, 5) is 25.3. The smallest absolute Gasteiger partial charge is 0.341 e. The highest BCUT2D eigenvalue weighted by Crippen LogP contribution is 2.25. The Hall–Kier alpha value is -1.31. The molecule has 126 valence electrons. The molecule has 9 heteroatoms. The molecule has 1 aromatic rings. The van der Waals surface area contributed by atoms with Crippen LogP contribution in [0.2, 0.25) is 10.0 Å². The minimum absolute atomic E-state index is 0.00488. The SMILES string of the molecule is CN(C(=O)COC(=O)c1c(Cl)cccc1Cl)[C@H]1CCS(=O)(=O)C1. The molecule has 1 atom stereocenters. The molecule has 1 aliphatic rings. The first kappa shape index (κ1) is 18.0. The fraction of sp³-hybridized carbons (Fsp3) is 0.429. The molecule has 1 heterocycles. The fourth-order valence-electron chi connectivity index (χ4n) is 2.28. The average molecular weight is 380 g/mol. The van der Waals surface area contributed by atoms with Gasteiger partial charge in [0, 0.05) is 13.1 Å². The molecule has 0 radical (unpaired) electrons. The van der Waals surface area contributed by atoms with E-state index in [0.717, 1.165) is 0 Å². The van der Waals surface area contributed by atoms with E-state index in [2.05, 4.69) is 0 Å². The van der Waals surface area contributed by atoms with Gasteiger partial charge in [0.2, 0.25) is 0 Å². The molecular formula is C14H15Cl2NO5S. The molecule has 0 aromatic heterocycles. The van der Waals surface area contributed by atoms with Gasteiger partial charge >= 0.3 is 5.97 Å². The standard InChI is InChI=1S/C14H15Cl2NO5S/c1-17(9-5-6-23(20,21)8-9)12(18)7-22-14(19)13-10(15)3-2-4-11(13)16/h2-4,9H,5-8H2,1H3/t9-/m0/s1. The monoisotopic (exact) mass is 379 g/mol. The van der Waals surface area contributed by atoms with Gasteiger partial charge in [-0.15, -0.1) is 0 Å². The number of hydrogen-bond acceptors (Lipinski definition) is 5. The van der Waals surface area contributed by atoms with Gasteiger partial charge in [-0.3, -0.25) is 4.79 Å². The van der Waals surface area contributed by atoms with E-state index in [4.69, 9.17) is 27.9 Å². The predicted molar refractivity (Wildman–Crippen MR) is 86.6 cm³/mol. The lowest BCUT2D eigenvalue weighted by molar-refractivity contribution is -0.134. The molecule has 23 heavy (non-hydrogen) atoms. The van der Waals surface area contributed by atoms with Crippen molar-refractivity contribution in [3.63, 3.8) is 0 Å². The Bertz CT molecular complexity index is 714. The second-order valence-electron chi connectivity index (χ2n) is 5.23. The van der Waals surface area contributed by atoms with Crippen molar-refractivity contribution in [2.75, 3.05) is 25.2 Å². The van der Waals surface area contributed by atoms with Crippen LogP contribution in [-0.4, -0.2) is 56.4 Å². The molecule has 0 unspecified atom stereocenters. The number of halogens is 2. The molecule has 0 N–H and O–H groups in total. The third-order valence-electron chi connectivity index (χ3n) is 3.64. The number of carbonyl (C=O) groups is 2. The summed E-state index contributed by atoms with van der Waals surface area (Å²) < 4.78 is 27.8. The predicted octanol–water partition coefficient (Wildman–Crippen LogP) is 1.80. The summed E-state index contributed by atoms with van der Waals surface area (Å²) in [7, 11) is -1.61. The molecule has 0 saturated carbocycles. The van der Waals surface area contributed by atoms with Crippen LogP contribution < -0.4 is 0 Å². The Labute approximate surface area is 144 Å². The number of amides is 1. The summed E-state index contributed by atoms with van der Waals surface area (Å²) in [6.07, 6.45) is 0.384. The van der Waals surface area contributed by atoms with Gasteiger partial charge < -0.3 is 9.64 Å². The van der Waals surface area contributed by atoms with Gasteiger partial charge in [-0.1, -0.05) is 29.3 Å². The van der Waals surface area contributed by atoms with Crippen molar-refractivity contribution in [3.05, 3.63) is 33.8 Å². The maximum Gasteiger partial charge on any atom is 0.341 e. The highest BCUT2D eigenvalue weighted by molar-refractivity contribution is 7.91. The maximum absolute atomic E-state index is 12.0. The quantitative estimate of drug-likeness (QED) is 0.744. The van der Waals surface area contributed by atoms with E-state index in [1.54, 1.807) is 6.07 Å². The van der Waals surface area contributed by atoms with Gasteiger partial charge in [0.05, 0.1) is 27.1 Å². The van der Waals surface area contributed by atoms with Crippen LogP contribution in [0.1, 0.15) is 16.8 Å². The van der Waals surface area contributed by atoms with Gasteiger partial charge in [0.15, 0.2) is 16.4 Å². The first-order chi connectivity index (χ1) is 10.7. The van der Waals surface area contributed by atoms with Gasteiger partial charge in [-0.05, 0) is 18.6 Å². The lowest BCUT2D eigenvalue weighted by Crippen LogP contribution is -2.40. The van der Waals surface area contributed by atoms with Gasteiger partial charge in [-0.25, -0.2) is 13.2 Å². The summed E-state index contributed by atoms with van der Waals surface area (Å²) in [5.41, 5.74) is -0.00488. The third kappa shape index (κ3) is 4.37. The highest BCUT2D eigenvalue weighted by atomic mass is 35.5. The van der Waals surface area contributed by atoms with Crippen molar-refractivity contribution in [3.8, 4) is 0 Å². The number of likely N-dealkylation sites (N-methyl/N-ethyl adjacent to an activating group) is 1. The number of nitrogens with zero attached hydrogens (tertiary/aromatic N) is 1. The Kier molecular flexibility index (Phi) is 5.54. The summed E-state index contributed by atoms with van der Waals surface area (Å²) in [5, 5.41) is 0.260. The van der Waals surface area contributed by atoms with Crippen LogP contribution in [0.25, 0.3) is 0 Å². The minimum Gasteiger partial charge on any atom is -0.452 e. The Morgan fingerprint density at radius 2 is 1.91 bits per heavy atom. The molecule has 6 nitrogen and oxygen atoms in total. The van der Waals surface area contributed by atoms with Crippen LogP contribution in [0.5, 0.6) is 0 Å². The Balaban J connectivity index is 1.95. The lowest BCUT2D eigenvalue weighted by atomic mass is 10.2. The van der Waals surface area contributed by atoms with E-state index in [-0.39, 0.29) is 27.1 Å². The summed E-state index contributed by atoms with van der Waals surface area (Å²) in [5.74, 6) is -1.30. The van der Waals surface area contributed by atoms with Crippen molar-refractivity contribution >= 4 is 44.9 Å². The first-order valence-corrected chi connectivity index (χ1v) is 9.36. The number of rotatable bonds is 4. The van der Waals surface area contributed by atoms with E-state index in [9.17, 15) is 18.0 Å². The van der Waals surface area contributed by atoms with E-state index >= 15 is 0 Å². The van der Waals surface area contributed by atoms with E-state index in [1.165, 1.54) is 24.1 Å². The normalized spacial score (nSPS) is 19.3. The topological polar surface area (TPSA) is 80.8 Å². The molecule has 2 rings (SSSR count). The second-order valence-corrected chi connectivity index (χ2v) is 8.28. The number of esters is 1. The first-order valence-electron chi connectivity index (χ1n) is 6.78. The summed E-state index contributed by atoms with van der Waals surface area (Å²) in [6, 6.07) is 4.17. The average Bonchev–Trinajstić information content (AvgIpc) is 2.84. The lowest BCUT2D eigenvalue weighted by Gasteiger charge is -2.23. The molecule has 1 fully saturated rings. The van der Waals surface area contributed by atoms with Crippen LogP contribution in [0, 0.1) is 0 Å². The molecule has 0 spiro atoms. The van der Waals surface area contributed by atoms with E-state index in [1.807, 2.05) is 0 Å². The molecule has 1 aromatic carbocycles. The van der Waals surface area contributed by atoms with E-state index in [0.29, 0.717) is 6.42 Å². The second kappa shape index (κ2) is 7.07. The zero-order chi connectivity index (χ0) is 17.2. The van der Waals surface area contributed by atoms with Crippen LogP contribution in [-0.2, 0) is 19.4 Å². The zero-order valence-electron chi connectivity index (χ0n) is 12.3. The van der Waals surface area contributed by atoms with Crippen molar-refractivity contribution in [2.24, 2.45) is 0 Å². The van der Waals surface area contributed by atoms with Crippen LogP contribution >= 0.6 is 23.2 Å². The number of sulfone groups is 1. The van der Waals surface area contributed by atoms with Gasteiger partial charge in [0.1, 0.15) is 0 Å². The maximum atomic E-state index is 12.0. The van der Waals surface area contributed by atoms with E-state index < -0.39 is 34.4 Å². The van der Waals surface area contributed by atoms with Gasteiger partial charge in [-0.2, -0.15) is 0 Å². The molecule has 0 aliphatic carbocycles. The van der Waals surface area contributed by atoms with Crippen molar-refractivity contribution in [1.29, 1.82) is 0 Å². The fourth-order valence-corrected chi connectivity index (χ4v) is 4.60. The minimum atomic E-state index is -3.10. The molecule has 1 aliphatic heterocycles. The summed E-state index contributed by atoms with van der Waals surface area (Å²) in [6.45, 7) is -0.507. The zero-order valence-corrected chi connectivity index (χ0v) is 14.6. The van der Waals surface area contributed by atoms with Crippen LogP contribution in [0.15, 0.2) is 18.2 Å². The van der Waals surface area contributed by atoms with Crippen LogP contribution in [0.3, 0.4) is 0 Å². The van der Waals surface area contributed by atoms with Crippen LogP contribution in [0.4, 0.5) is 0 Å². The number of benzene rings is 1. The highest BCUT2D eigenvalue weighted by Gasteiger charge is 2.33. The number of hydrogen-bond donors (Lipinski definition) is 0. The number of ether oxygens (including phenoxy) is 1. The molecule has 0 bridgehead atoms. The molecular weight excluding hydrogens is 365 g/mol. The van der Waals surface area contributed by atoms with Crippen molar-refractivity contribution in [1.82, 2.24) is 4.90 Å². The van der Waals surface area contributed by atoms with Gasteiger partial charge in [0.25, 0.3) is 5.91 Å².